The number of amides is 1. The summed E-state index contributed by atoms with van der Waals surface area (Å²) in [5.41, 5.74) is 6.28. The van der Waals surface area contributed by atoms with Crippen molar-refractivity contribution < 1.29 is 9.18 Å². The van der Waals surface area contributed by atoms with Gasteiger partial charge in [-0.25, -0.2) is 4.39 Å². The van der Waals surface area contributed by atoms with Crippen LogP contribution in [0.4, 0.5) is 4.39 Å². The van der Waals surface area contributed by atoms with Gasteiger partial charge in [-0.2, -0.15) is 0 Å². The van der Waals surface area contributed by atoms with Crippen LogP contribution in [0.2, 0.25) is 0 Å². The topological polar surface area (TPSA) is 46.3 Å². The molecule has 4 heteroatoms. The van der Waals surface area contributed by atoms with Crippen molar-refractivity contribution in [3.05, 3.63) is 35.6 Å². The first-order valence-corrected chi connectivity index (χ1v) is 6.39. The Balaban J connectivity index is 2.48. The van der Waals surface area contributed by atoms with E-state index in [2.05, 4.69) is 0 Å². The van der Waals surface area contributed by atoms with Crippen molar-refractivity contribution in [3.63, 3.8) is 0 Å². The quantitative estimate of drug-likeness (QED) is 0.754. The highest BCUT2D eigenvalue weighted by Gasteiger charge is 2.11. The van der Waals surface area contributed by atoms with Crippen molar-refractivity contribution in [3.8, 4) is 0 Å². The van der Waals surface area contributed by atoms with Gasteiger partial charge in [-0.05, 0) is 44.0 Å². The Morgan fingerprint density at radius 2 is 1.94 bits per heavy atom. The lowest BCUT2D eigenvalue weighted by atomic mass is 10.1. The fraction of sp³-hybridized carbons (Fsp3) is 0.500. The summed E-state index contributed by atoms with van der Waals surface area (Å²) in [6.07, 6.45) is 2.19. The van der Waals surface area contributed by atoms with Gasteiger partial charge in [-0.3, -0.25) is 4.79 Å². The molecule has 18 heavy (non-hydrogen) atoms. The lowest BCUT2D eigenvalue weighted by Gasteiger charge is -2.20. The number of halogens is 1. The molecule has 0 aliphatic carbocycles. The molecule has 0 radical (unpaired) electrons. The van der Waals surface area contributed by atoms with E-state index in [1.54, 1.807) is 12.1 Å². The molecule has 0 spiro atoms. The first-order chi connectivity index (χ1) is 8.67. The molecule has 0 aromatic heterocycles. The Morgan fingerprint density at radius 3 is 2.50 bits per heavy atom. The second kappa shape index (κ2) is 7.82. The Kier molecular flexibility index (Phi) is 6.36. The molecule has 0 fully saturated rings. The molecular formula is C14H21FN2O. The summed E-state index contributed by atoms with van der Waals surface area (Å²) in [4.78, 5) is 13.8. The molecule has 0 saturated heterocycles. The van der Waals surface area contributed by atoms with Gasteiger partial charge < -0.3 is 10.6 Å². The van der Waals surface area contributed by atoms with Gasteiger partial charge in [0, 0.05) is 13.1 Å². The molecule has 100 valence electrons. The third-order valence-electron chi connectivity index (χ3n) is 2.89. The maximum absolute atomic E-state index is 12.7. The van der Waals surface area contributed by atoms with Gasteiger partial charge in [-0.1, -0.05) is 12.1 Å². The SMILES string of the molecule is CCN(CCCCN)C(=O)Cc1ccc(F)cc1. The zero-order chi connectivity index (χ0) is 13.4. The largest absolute Gasteiger partial charge is 0.343 e. The van der Waals surface area contributed by atoms with E-state index in [9.17, 15) is 9.18 Å². The van der Waals surface area contributed by atoms with Crippen LogP contribution in [0.3, 0.4) is 0 Å². The minimum absolute atomic E-state index is 0.0844. The van der Waals surface area contributed by atoms with Crippen molar-refractivity contribution in [1.82, 2.24) is 4.90 Å². The molecule has 3 nitrogen and oxygen atoms in total. The van der Waals surface area contributed by atoms with Gasteiger partial charge >= 0.3 is 0 Å². The first kappa shape index (κ1) is 14.6. The monoisotopic (exact) mass is 252 g/mol. The number of likely N-dealkylation sites (N-methyl/N-ethyl adjacent to an activating group) is 1. The van der Waals surface area contributed by atoms with Gasteiger partial charge in [0.1, 0.15) is 5.82 Å². The molecule has 0 unspecified atom stereocenters. The number of benzene rings is 1. The summed E-state index contributed by atoms with van der Waals surface area (Å²) in [5.74, 6) is -0.192. The van der Waals surface area contributed by atoms with E-state index in [1.165, 1.54) is 12.1 Å². The van der Waals surface area contributed by atoms with E-state index >= 15 is 0 Å². The Labute approximate surface area is 108 Å². The molecule has 0 heterocycles. The molecule has 1 aromatic rings. The van der Waals surface area contributed by atoms with E-state index in [1.807, 2.05) is 11.8 Å². The van der Waals surface area contributed by atoms with E-state index < -0.39 is 0 Å². The molecular weight excluding hydrogens is 231 g/mol. The van der Waals surface area contributed by atoms with E-state index in [-0.39, 0.29) is 11.7 Å². The lowest BCUT2D eigenvalue weighted by molar-refractivity contribution is -0.130. The molecule has 0 aliphatic rings. The van der Waals surface area contributed by atoms with Crippen molar-refractivity contribution in [1.29, 1.82) is 0 Å². The number of carbonyl (C=O) groups is 1. The van der Waals surface area contributed by atoms with Gasteiger partial charge in [0.2, 0.25) is 5.91 Å². The van der Waals surface area contributed by atoms with E-state index in [0.29, 0.717) is 19.5 Å². The number of unbranched alkanes of at least 4 members (excludes halogenated alkanes) is 1. The fourth-order valence-electron chi connectivity index (χ4n) is 1.79. The van der Waals surface area contributed by atoms with Crippen LogP contribution in [0.1, 0.15) is 25.3 Å². The predicted octanol–water partition coefficient (Wildman–Crippen LogP) is 1.96. The van der Waals surface area contributed by atoms with Crippen LogP contribution in [-0.4, -0.2) is 30.4 Å². The predicted molar refractivity (Wildman–Crippen MR) is 70.6 cm³/mol. The van der Waals surface area contributed by atoms with Crippen LogP contribution >= 0.6 is 0 Å². The molecule has 1 amide bonds. The van der Waals surface area contributed by atoms with Crippen LogP contribution in [0, 0.1) is 5.82 Å². The van der Waals surface area contributed by atoms with Gasteiger partial charge in [0.05, 0.1) is 6.42 Å². The van der Waals surface area contributed by atoms with Crippen LogP contribution in [0.15, 0.2) is 24.3 Å². The summed E-state index contributed by atoms with van der Waals surface area (Å²) in [5, 5.41) is 0. The maximum Gasteiger partial charge on any atom is 0.226 e. The number of nitrogens with two attached hydrogens (primary N) is 1. The molecule has 0 atom stereocenters. The maximum atomic E-state index is 12.7. The van der Waals surface area contributed by atoms with Crippen molar-refractivity contribution in [2.75, 3.05) is 19.6 Å². The number of hydrogen-bond donors (Lipinski definition) is 1. The second-order valence-corrected chi connectivity index (χ2v) is 4.27. The van der Waals surface area contributed by atoms with Crippen molar-refractivity contribution in [2.24, 2.45) is 5.73 Å². The summed E-state index contributed by atoms with van der Waals surface area (Å²) in [6.45, 7) is 4.06. The van der Waals surface area contributed by atoms with E-state index in [4.69, 9.17) is 5.73 Å². The molecule has 0 saturated carbocycles. The lowest BCUT2D eigenvalue weighted by Crippen LogP contribution is -2.33. The summed E-state index contributed by atoms with van der Waals surface area (Å²) in [6, 6.07) is 6.07. The zero-order valence-electron chi connectivity index (χ0n) is 10.9. The minimum Gasteiger partial charge on any atom is -0.343 e. The number of rotatable bonds is 7. The zero-order valence-corrected chi connectivity index (χ0v) is 10.9. The Bertz CT molecular complexity index is 365. The third-order valence-corrected chi connectivity index (χ3v) is 2.89. The summed E-state index contributed by atoms with van der Waals surface area (Å²) in [7, 11) is 0. The van der Waals surface area contributed by atoms with Crippen LogP contribution < -0.4 is 5.73 Å². The highest BCUT2D eigenvalue weighted by atomic mass is 19.1. The first-order valence-electron chi connectivity index (χ1n) is 6.39. The standard InChI is InChI=1S/C14H21FN2O/c1-2-17(10-4-3-9-16)14(18)11-12-5-7-13(15)8-6-12/h5-8H,2-4,9-11,16H2,1H3. The molecule has 1 rings (SSSR count). The molecule has 2 N–H and O–H groups in total. The van der Waals surface area contributed by atoms with Crippen molar-refractivity contribution >= 4 is 5.91 Å². The van der Waals surface area contributed by atoms with Gasteiger partial charge in [0.25, 0.3) is 0 Å². The molecule has 0 aliphatic heterocycles. The van der Waals surface area contributed by atoms with Crippen LogP contribution in [0.25, 0.3) is 0 Å². The average molecular weight is 252 g/mol. The highest BCUT2D eigenvalue weighted by Crippen LogP contribution is 2.06. The van der Waals surface area contributed by atoms with Gasteiger partial charge in [-0.15, -0.1) is 0 Å². The third kappa shape index (κ3) is 4.84. The van der Waals surface area contributed by atoms with E-state index in [0.717, 1.165) is 24.9 Å². The average Bonchev–Trinajstić information content (AvgIpc) is 2.37. The minimum atomic E-state index is -0.276. The highest BCUT2D eigenvalue weighted by molar-refractivity contribution is 5.78. The number of hydrogen-bond acceptors (Lipinski definition) is 2. The number of nitrogens with zero attached hydrogens (tertiary/aromatic N) is 1. The van der Waals surface area contributed by atoms with Crippen LogP contribution in [0.5, 0.6) is 0 Å². The van der Waals surface area contributed by atoms with Gasteiger partial charge in [0.15, 0.2) is 0 Å². The normalized spacial score (nSPS) is 10.4. The summed E-state index contributed by atoms with van der Waals surface area (Å²) >= 11 is 0. The Hall–Kier alpha value is -1.42. The molecule has 1 aromatic carbocycles. The second-order valence-electron chi connectivity index (χ2n) is 4.27. The molecule has 0 bridgehead atoms. The summed E-state index contributed by atoms with van der Waals surface area (Å²) < 4.78 is 12.7. The fourth-order valence-corrected chi connectivity index (χ4v) is 1.79. The Morgan fingerprint density at radius 1 is 1.28 bits per heavy atom. The van der Waals surface area contributed by atoms with Crippen LogP contribution in [-0.2, 0) is 11.2 Å². The smallest absolute Gasteiger partial charge is 0.226 e. The number of carbonyl (C=O) groups excluding carboxylic acids is 1. The van der Waals surface area contributed by atoms with Crippen molar-refractivity contribution in [2.45, 2.75) is 26.2 Å².